The summed E-state index contributed by atoms with van der Waals surface area (Å²) in [6.45, 7) is 1.93. The lowest BCUT2D eigenvalue weighted by atomic mass is 9.97. The van der Waals surface area contributed by atoms with Crippen LogP contribution in [0.2, 0.25) is 5.02 Å². The first-order chi connectivity index (χ1) is 19.4. The number of nitriles is 1. The Morgan fingerprint density at radius 2 is 1.80 bits per heavy atom. The fraction of sp³-hybridized carbons (Fsp3) is 0.367. The molecule has 0 saturated carbocycles. The monoisotopic (exact) mass is 601 g/mol. The average molecular weight is 603 g/mol. The number of carbonyl (C=O) groups excluding carboxylic acids is 1. The van der Waals surface area contributed by atoms with E-state index in [0.717, 1.165) is 56.6 Å². The number of halogens is 3. The number of anilines is 1. The highest BCUT2D eigenvalue weighted by Crippen LogP contribution is 2.41. The minimum absolute atomic E-state index is 0. The summed E-state index contributed by atoms with van der Waals surface area (Å²) < 4.78 is 21.2. The zero-order chi connectivity index (χ0) is 28.5. The maximum Gasteiger partial charge on any atom is 0.243 e. The van der Waals surface area contributed by atoms with Gasteiger partial charge in [-0.25, -0.2) is 14.9 Å². The van der Waals surface area contributed by atoms with E-state index in [2.05, 4.69) is 4.90 Å². The molecule has 1 saturated heterocycles. The molecule has 1 fully saturated rings. The van der Waals surface area contributed by atoms with E-state index in [1.807, 2.05) is 24.3 Å². The normalized spacial score (nSPS) is 13.3. The van der Waals surface area contributed by atoms with Gasteiger partial charge in [-0.2, -0.15) is 5.26 Å². The van der Waals surface area contributed by atoms with E-state index < -0.39 is 11.7 Å². The molecule has 2 aromatic carbocycles. The van der Waals surface area contributed by atoms with E-state index >= 15 is 0 Å². The topological polar surface area (TPSA) is 125 Å². The SMILES string of the molecule is Cl.N#Cc1ccc(-c2nc(N3CCC(N)CC3)cc(OCCCCCCC(=O)NO)c2-c2ccc(Cl)cc2)cc1F. The second-order valence-electron chi connectivity index (χ2n) is 9.89. The van der Waals surface area contributed by atoms with Crippen molar-refractivity contribution in [1.82, 2.24) is 10.5 Å². The van der Waals surface area contributed by atoms with Crippen LogP contribution in [-0.2, 0) is 4.79 Å². The molecule has 4 N–H and O–H groups in total. The molecule has 2 heterocycles. The Morgan fingerprint density at radius 1 is 1.12 bits per heavy atom. The second kappa shape index (κ2) is 15.5. The Labute approximate surface area is 250 Å². The molecule has 0 bridgehead atoms. The number of nitrogens with zero attached hydrogens (tertiary/aromatic N) is 3. The number of ether oxygens (including phenoxy) is 1. The molecule has 0 spiro atoms. The molecular weight excluding hydrogens is 568 g/mol. The lowest BCUT2D eigenvalue weighted by Gasteiger charge is -2.32. The Morgan fingerprint density at radius 3 is 2.46 bits per heavy atom. The highest BCUT2D eigenvalue weighted by atomic mass is 35.5. The number of nitrogens with two attached hydrogens (primary N) is 1. The van der Waals surface area contributed by atoms with E-state index in [-0.39, 0.29) is 30.4 Å². The smallest absolute Gasteiger partial charge is 0.243 e. The number of piperidine rings is 1. The molecule has 11 heteroatoms. The van der Waals surface area contributed by atoms with Crippen molar-refractivity contribution in [2.45, 2.75) is 51.0 Å². The third-order valence-electron chi connectivity index (χ3n) is 7.01. The largest absolute Gasteiger partial charge is 0.493 e. The van der Waals surface area contributed by atoms with Gasteiger partial charge in [0.25, 0.3) is 0 Å². The van der Waals surface area contributed by atoms with Gasteiger partial charge in [-0.1, -0.05) is 42.6 Å². The Kier molecular flexibility index (Phi) is 12.2. The van der Waals surface area contributed by atoms with E-state index in [9.17, 15) is 14.4 Å². The first kappa shape index (κ1) is 32.1. The Balaban J connectivity index is 0.00000462. The lowest BCUT2D eigenvalue weighted by Crippen LogP contribution is -2.40. The molecule has 0 atom stereocenters. The first-order valence-electron chi connectivity index (χ1n) is 13.5. The number of hydrogen-bond acceptors (Lipinski definition) is 7. The molecule has 4 rings (SSSR count). The quantitative estimate of drug-likeness (QED) is 0.134. The van der Waals surface area contributed by atoms with Crippen molar-refractivity contribution in [3.05, 3.63) is 64.9 Å². The van der Waals surface area contributed by atoms with Gasteiger partial charge in [-0.3, -0.25) is 10.0 Å². The van der Waals surface area contributed by atoms with Gasteiger partial charge in [0.2, 0.25) is 5.91 Å². The van der Waals surface area contributed by atoms with Gasteiger partial charge in [0.05, 0.1) is 23.4 Å². The number of amides is 1. The fourth-order valence-electron chi connectivity index (χ4n) is 4.75. The summed E-state index contributed by atoms with van der Waals surface area (Å²) >= 11 is 6.18. The minimum Gasteiger partial charge on any atom is -0.493 e. The van der Waals surface area contributed by atoms with Crippen LogP contribution < -0.4 is 20.9 Å². The lowest BCUT2D eigenvalue weighted by molar-refractivity contribution is -0.129. The van der Waals surface area contributed by atoms with Crippen LogP contribution in [0.3, 0.4) is 0 Å². The van der Waals surface area contributed by atoms with Gasteiger partial charge in [-0.15, -0.1) is 12.4 Å². The van der Waals surface area contributed by atoms with Crippen LogP contribution in [-0.4, -0.2) is 41.8 Å². The van der Waals surface area contributed by atoms with Crippen molar-refractivity contribution in [2.75, 3.05) is 24.6 Å². The molecule has 218 valence electrons. The zero-order valence-electron chi connectivity index (χ0n) is 22.6. The Bertz CT molecular complexity index is 1360. The van der Waals surface area contributed by atoms with E-state index in [0.29, 0.717) is 40.6 Å². The van der Waals surface area contributed by atoms with Crippen LogP contribution in [0.1, 0.15) is 50.5 Å². The summed E-state index contributed by atoms with van der Waals surface area (Å²) in [5.41, 5.74) is 10.3. The molecule has 3 aromatic rings. The third-order valence-corrected chi connectivity index (χ3v) is 7.26. The van der Waals surface area contributed by atoms with Gasteiger partial charge in [0.1, 0.15) is 23.5 Å². The molecule has 1 aliphatic rings. The molecule has 1 aliphatic heterocycles. The Hall–Kier alpha value is -3.42. The van der Waals surface area contributed by atoms with Crippen molar-refractivity contribution in [3.63, 3.8) is 0 Å². The fourth-order valence-corrected chi connectivity index (χ4v) is 4.88. The second-order valence-corrected chi connectivity index (χ2v) is 10.3. The number of unbranched alkanes of at least 4 members (excludes halogenated alkanes) is 3. The highest BCUT2D eigenvalue weighted by molar-refractivity contribution is 6.30. The first-order valence-corrected chi connectivity index (χ1v) is 13.8. The van der Waals surface area contributed by atoms with Crippen LogP contribution in [0, 0.1) is 17.1 Å². The molecule has 41 heavy (non-hydrogen) atoms. The van der Waals surface area contributed by atoms with Crippen molar-refractivity contribution < 1.29 is 19.1 Å². The zero-order valence-corrected chi connectivity index (χ0v) is 24.2. The van der Waals surface area contributed by atoms with Crippen LogP contribution in [0.25, 0.3) is 22.4 Å². The summed E-state index contributed by atoms with van der Waals surface area (Å²) in [5.74, 6) is 0.324. The van der Waals surface area contributed by atoms with Crippen molar-refractivity contribution in [1.29, 1.82) is 5.26 Å². The van der Waals surface area contributed by atoms with Gasteiger partial charge >= 0.3 is 0 Å². The van der Waals surface area contributed by atoms with Crippen LogP contribution in [0.5, 0.6) is 5.75 Å². The number of nitrogens with one attached hydrogen (secondary N) is 1. The maximum atomic E-state index is 14.8. The third kappa shape index (κ3) is 8.54. The van der Waals surface area contributed by atoms with Gasteiger partial charge in [0, 0.05) is 42.2 Å². The van der Waals surface area contributed by atoms with E-state index in [1.165, 1.54) is 12.1 Å². The molecule has 8 nitrogen and oxygen atoms in total. The van der Waals surface area contributed by atoms with Crippen LogP contribution in [0.15, 0.2) is 48.5 Å². The standard InChI is InChI=1S/C30H33ClFN5O3.ClH/c31-23-10-8-20(9-11-23)29-26(40-16-4-2-1-3-5-28(38)36-39)18-27(37-14-12-24(34)13-15-37)35-30(29)21-6-7-22(19-33)25(32)17-21;/h6-11,17-18,24,39H,1-5,12-16,34H2,(H,36,38);1H. The van der Waals surface area contributed by atoms with E-state index in [1.54, 1.807) is 23.7 Å². The van der Waals surface area contributed by atoms with Crippen molar-refractivity contribution in [2.24, 2.45) is 5.73 Å². The average Bonchev–Trinajstić information content (AvgIpc) is 2.97. The summed E-state index contributed by atoms with van der Waals surface area (Å²) in [6, 6.07) is 15.8. The predicted octanol–water partition coefficient (Wildman–Crippen LogP) is 6.26. The van der Waals surface area contributed by atoms with Crippen molar-refractivity contribution in [3.8, 4) is 34.2 Å². The maximum absolute atomic E-state index is 14.8. The van der Waals surface area contributed by atoms with Crippen LogP contribution >= 0.6 is 24.0 Å². The number of benzene rings is 2. The van der Waals surface area contributed by atoms with Gasteiger partial charge < -0.3 is 15.4 Å². The van der Waals surface area contributed by atoms with Gasteiger partial charge in [0.15, 0.2) is 0 Å². The minimum atomic E-state index is -0.615. The molecule has 0 radical (unpaired) electrons. The summed E-state index contributed by atoms with van der Waals surface area (Å²) in [4.78, 5) is 18.4. The summed E-state index contributed by atoms with van der Waals surface area (Å²) in [7, 11) is 0. The number of pyridine rings is 1. The number of hydroxylamine groups is 1. The predicted molar refractivity (Wildman–Crippen MR) is 160 cm³/mol. The van der Waals surface area contributed by atoms with Crippen molar-refractivity contribution >= 4 is 35.7 Å². The molecule has 0 unspecified atom stereocenters. The molecule has 0 aliphatic carbocycles. The number of rotatable bonds is 11. The van der Waals surface area contributed by atoms with Crippen LogP contribution in [0.4, 0.5) is 10.2 Å². The van der Waals surface area contributed by atoms with E-state index in [4.69, 9.17) is 32.3 Å². The summed E-state index contributed by atoms with van der Waals surface area (Å²) in [6.07, 6.45) is 5.07. The number of carbonyl (C=O) groups is 1. The molecule has 1 aromatic heterocycles. The van der Waals surface area contributed by atoms with Gasteiger partial charge in [-0.05, 0) is 55.5 Å². The molecular formula is C30H34Cl2FN5O3. The number of aromatic nitrogens is 1. The number of hydrogen-bond donors (Lipinski definition) is 3. The highest BCUT2D eigenvalue weighted by Gasteiger charge is 2.23. The molecule has 1 amide bonds. The summed E-state index contributed by atoms with van der Waals surface area (Å²) in [5, 5.41) is 18.5.